The first-order valence-corrected chi connectivity index (χ1v) is 5.13. The number of nitrogens with two attached hydrogens (primary N) is 1. The average molecular weight is 193 g/mol. The van der Waals surface area contributed by atoms with Crippen molar-refractivity contribution in [2.24, 2.45) is 11.7 Å². The van der Waals surface area contributed by atoms with E-state index in [9.17, 15) is 4.39 Å². The number of benzene rings is 1. The second kappa shape index (κ2) is 3.35. The molecule has 0 saturated heterocycles. The molecule has 0 heterocycles. The topological polar surface area (TPSA) is 26.0 Å². The van der Waals surface area contributed by atoms with Gasteiger partial charge in [-0.2, -0.15) is 0 Å². The number of halogens is 1. The van der Waals surface area contributed by atoms with E-state index >= 15 is 0 Å². The molecule has 1 nitrogen and oxygen atoms in total. The van der Waals surface area contributed by atoms with Crippen molar-refractivity contribution < 1.29 is 4.39 Å². The zero-order valence-electron chi connectivity index (χ0n) is 8.46. The summed E-state index contributed by atoms with van der Waals surface area (Å²) in [6.45, 7) is 2.10. The quantitative estimate of drug-likeness (QED) is 0.784. The molecular weight excluding hydrogens is 177 g/mol. The van der Waals surface area contributed by atoms with Gasteiger partial charge in [-0.15, -0.1) is 0 Å². The second-order valence-corrected chi connectivity index (χ2v) is 4.21. The number of hydrogen-bond acceptors (Lipinski definition) is 1. The summed E-state index contributed by atoms with van der Waals surface area (Å²) in [6.07, 6.45) is 1.95. The monoisotopic (exact) mass is 193 g/mol. The van der Waals surface area contributed by atoms with E-state index in [0.717, 1.165) is 24.0 Å². The van der Waals surface area contributed by atoms with Crippen LogP contribution in [0.3, 0.4) is 0 Å². The van der Waals surface area contributed by atoms with Crippen molar-refractivity contribution in [1.29, 1.82) is 0 Å². The zero-order valence-corrected chi connectivity index (χ0v) is 8.46. The first-order chi connectivity index (χ1) is 6.66. The summed E-state index contributed by atoms with van der Waals surface area (Å²) >= 11 is 0. The highest BCUT2D eigenvalue weighted by Crippen LogP contribution is 2.47. The minimum absolute atomic E-state index is 0.0979. The van der Waals surface area contributed by atoms with Gasteiger partial charge in [-0.25, -0.2) is 4.39 Å². The SMILES string of the molecule is Cc1ccc(C(F)(CN)C2CC2)cc1. The standard InChI is InChI=1S/C12H16FN/c1-9-2-4-10(5-3-9)12(13,8-14)11-6-7-11/h2-5,11H,6-8,14H2,1H3. The van der Waals surface area contributed by atoms with Crippen molar-refractivity contribution in [3.63, 3.8) is 0 Å². The Morgan fingerprint density at radius 2 is 1.93 bits per heavy atom. The fourth-order valence-electron chi connectivity index (χ4n) is 1.89. The lowest BCUT2D eigenvalue weighted by Gasteiger charge is -2.24. The number of aryl methyl sites for hydroxylation is 1. The maximum atomic E-state index is 14.4. The second-order valence-electron chi connectivity index (χ2n) is 4.21. The van der Waals surface area contributed by atoms with E-state index in [2.05, 4.69) is 0 Å². The molecule has 0 aromatic heterocycles. The van der Waals surface area contributed by atoms with Gasteiger partial charge in [0.05, 0.1) is 0 Å². The molecule has 2 rings (SSSR count). The van der Waals surface area contributed by atoms with Crippen LogP contribution in [0, 0.1) is 12.8 Å². The Bertz CT molecular complexity index is 316. The highest BCUT2D eigenvalue weighted by atomic mass is 19.1. The van der Waals surface area contributed by atoms with Gasteiger partial charge in [0.1, 0.15) is 0 Å². The third-order valence-electron chi connectivity index (χ3n) is 3.05. The highest BCUT2D eigenvalue weighted by molar-refractivity contribution is 5.29. The van der Waals surface area contributed by atoms with Crippen LogP contribution in [0.5, 0.6) is 0 Å². The van der Waals surface area contributed by atoms with Crippen molar-refractivity contribution in [2.75, 3.05) is 6.54 Å². The molecule has 0 spiro atoms. The maximum Gasteiger partial charge on any atom is 0.150 e. The molecular formula is C12H16FN. The van der Waals surface area contributed by atoms with Crippen LogP contribution in [-0.4, -0.2) is 6.54 Å². The molecule has 2 N–H and O–H groups in total. The van der Waals surface area contributed by atoms with Gasteiger partial charge in [0.2, 0.25) is 0 Å². The Labute approximate surface area is 84.1 Å². The van der Waals surface area contributed by atoms with E-state index in [-0.39, 0.29) is 12.5 Å². The van der Waals surface area contributed by atoms with Crippen molar-refractivity contribution in [2.45, 2.75) is 25.4 Å². The van der Waals surface area contributed by atoms with Crippen LogP contribution in [0.4, 0.5) is 4.39 Å². The van der Waals surface area contributed by atoms with Crippen LogP contribution in [0.25, 0.3) is 0 Å². The van der Waals surface area contributed by atoms with Crippen molar-refractivity contribution in [3.05, 3.63) is 35.4 Å². The minimum Gasteiger partial charge on any atom is -0.327 e. The molecule has 2 heteroatoms. The molecule has 1 saturated carbocycles. The molecule has 0 amide bonds. The van der Waals surface area contributed by atoms with Gasteiger partial charge in [-0.3, -0.25) is 0 Å². The van der Waals surface area contributed by atoms with Crippen LogP contribution < -0.4 is 5.73 Å². The van der Waals surface area contributed by atoms with Gasteiger partial charge in [-0.1, -0.05) is 29.8 Å². The van der Waals surface area contributed by atoms with E-state index in [1.54, 1.807) is 0 Å². The summed E-state index contributed by atoms with van der Waals surface area (Å²) in [5.41, 5.74) is 6.16. The lowest BCUT2D eigenvalue weighted by atomic mass is 9.90. The van der Waals surface area contributed by atoms with Crippen molar-refractivity contribution in [3.8, 4) is 0 Å². The fourth-order valence-corrected chi connectivity index (χ4v) is 1.89. The van der Waals surface area contributed by atoms with Crippen molar-refractivity contribution >= 4 is 0 Å². The number of hydrogen-bond donors (Lipinski definition) is 1. The highest BCUT2D eigenvalue weighted by Gasteiger charge is 2.45. The normalized spacial score (nSPS) is 20.5. The summed E-state index contributed by atoms with van der Waals surface area (Å²) in [5.74, 6) is 0.148. The van der Waals surface area contributed by atoms with Crippen LogP contribution in [0.15, 0.2) is 24.3 Å². The smallest absolute Gasteiger partial charge is 0.150 e. The Morgan fingerprint density at radius 3 is 2.36 bits per heavy atom. The molecule has 1 aliphatic carbocycles. The van der Waals surface area contributed by atoms with Gasteiger partial charge in [0.15, 0.2) is 5.67 Å². The van der Waals surface area contributed by atoms with Gasteiger partial charge < -0.3 is 5.73 Å². The van der Waals surface area contributed by atoms with Crippen molar-refractivity contribution in [1.82, 2.24) is 0 Å². The molecule has 1 aromatic rings. The third kappa shape index (κ3) is 1.55. The van der Waals surface area contributed by atoms with Gasteiger partial charge >= 0.3 is 0 Å². The molecule has 0 radical (unpaired) electrons. The number of alkyl halides is 1. The average Bonchev–Trinajstić information content (AvgIpc) is 3.01. The predicted octanol–water partition coefficient (Wildman–Crippen LogP) is 2.53. The summed E-state index contributed by atoms with van der Waals surface area (Å²) in [5, 5.41) is 0. The maximum absolute atomic E-state index is 14.4. The molecule has 1 aromatic carbocycles. The molecule has 1 aliphatic rings. The minimum atomic E-state index is -1.28. The van der Waals surface area contributed by atoms with Crippen LogP contribution in [0.1, 0.15) is 24.0 Å². The Balaban J connectivity index is 2.31. The summed E-state index contributed by atoms with van der Waals surface area (Å²) in [7, 11) is 0. The summed E-state index contributed by atoms with van der Waals surface area (Å²) in [4.78, 5) is 0. The molecule has 1 unspecified atom stereocenters. The first-order valence-electron chi connectivity index (χ1n) is 5.13. The summed E-state index contributed by atoms with van der Waals surface area (Å²) < 4.78 is 14.4. The van der Waals surface area contributed by atoms with Crippen LogP contribution in [-0.2, 0) is 5.67 Å². The Kier molecular flexibility index (Phi) is 2.31. The van der Waals surface area contributed by atoms with E-state index in [4.69, 9.17) is 5.73 Å². The van der Waals surface area contributed by atoms with E-state index in [0.29, 0.717) is 0 Å². The lowest BCUT2D eigenvalue weighted by Crippen LogP contribution is -2.32. The predicted molar refractivity (Wildman–Crippen MR) is 55.7 cm³/mol. The van der Waals surface area contributed by atoms with Gasteiger partial charge in [0, 0.05) is 6.54 Å². The Morgan fingerprint density at radius 1 is 1.36 bits per heavy atom. The van der Waals surface area contributed by atoms with E-state index < -0.39 is 5.67 Å². The van der Waals surface area contributed by atoms with E-state index in [1.807, 2.05) is 31.2 Å². The third-order valence-corrected chi connectivity index (χ3v) is 3.05. The van der Waals surface area contributed by atoms with Crippen LogP contribution >= 0.6 is 0 Å². The number of rotatable bonds is 3. The van der Waals surface area contributed by atoms with Gasteiger partial charge in [0.25, 0.3) is 0 Å². The molecule has 14 heavy (non-hydrogen) atoms. The van der Waals surface area contributed by atoms with Crippen LogP contribution in [0.2, 0.25) is 0 Å². The fraction of sp³-hybridized carbons (Fsp3) is 0.500. The Hall–Kier alpha value is -0.890. The summed E-state index contributed by atoms with van der Waals surface area (Å²) in [6, 6.07) is 7.62. The van der Waals surface area contributed by atoms with E-state index in [1.165, 1.54) is 0 Å². The largest absolute Gasteiger partial charge is 0.327 e. The van der Waals surface area contributed by atoms with Gasteiger partial charge in [-0.05, 0) is 31.2 Å². The lowest BCUT2D eigenvalue weighted by molar-refractivity contribution is 0.143. The molecule has 1 fully saturated rings. The zero-order chi connectivity index (χ0) is 10.2. The molecule has 76 valence electrons. The first kappa shape index (κ1) is 9.66. The molecule has 0 aliphatic heterocycles. The molecule has 0 bridgehead atoms. The molecule has 1 atom stereocenters.